The van der Waals surface area contributed by atoms with Crippen molar-refractivity contribution in [3.05, 3.63) is 0 Å². The standard InChI is InChI=1S/C24H42O6S/c1-4-17-20-14-16(25)9-11-24(20,3)19-10-12-23(2)15(6-5-13-30-31(27,28)29)7-8-18(23)21(19)22(17)26/h15-22,25-26H,4-14H2,1-3H3,(H,27,28,29)/t15?,16-,17-,18?,19?,20?,21?,22?,23?,24?/m1/s1. The van der Waals surface area contributed by atoms with E-state index in [2.05, 4.69) is 25.0 Å². The average molecular weight is 459 g/mol. The summed E-state index contributed by atoms with van der Waals surface area (Å²) in [4.78, 5) is 0. The van der Waals surface area contributed by atoms with E-state index in [1.54, 1.807) is 0 Å². The third-order valence-corrected chi connectivity index (χ3v) is 11.0. The van der Waals surface area contributed by atoms with Crippen molar-refractivity contribution in [3.8, 4) is 0 Å². The Labute approximate surface area is 188 Å². The highest BCUT2D eigenvalue weighted by Gasteiger charge is 2.64. The van der Waals surface area contributed by atoms with Crippen molar-refractivity contribution >= 4 is 10.4 Å². The van der Waals surface area contributed by atoms with Gasteiger partial charge in [-0.2, -0.15) is 8.42 Å². The second kappa shape index (κ2) is 8.53. The highest BCUT2D eigenvalue weighted by molar-refractivity contribution is 7.80. The topological polar surface area (TPSA) is 104 Å². The van der Waals surface area contributed by atoms with E-state index in [1.165, 1.54) is 0 Å². The maximum Gasteiger partial charge on any atom is 0.397 e. The van der Waals surface area contributed by atoms with Gasteiger partial charge in [0.2, 0.25) is 0 Å². The molecule has 4 saturated carbocycles. The molecule has 4 aliphatic carbocycles. The Morgan fingerprint density at radius 3 is 2.32 bits per heavy atom. The van der Waals surface area contributed by atoms with Gasteiger partial charge in [-0.1, -0.05) is 27.2 Å². The third kappa shape index (κ3) is 4.11. The molecular formula is C24H42O6S. The van der Waals surface area contributed by atoms with Gasteiger partial charge in [-0.3, -0.25) is 4.55 Å². The van der Waals surface area contributed by atoms with Gasteiger partial charge in [0.05, 0.1) is 18.8 Å². The van der Waals surface area contributed by atoms with E-state index in [0.717, 1.165) is 57.8 Å². The lowest BCUT2D eigenvalue weighted by Gasteiger charge is -2.64. The van der Waals surface area contributed by atoms with Gasteiger partial charge in [-0.15, -0.1) is 0 Å². The zero-order chi connectivity index (χ0) is 22.6. The fourth-order valence-electron chi connectivity index (χ4n) is 9.03. The Morgan fingerprint density at radius 1 is 0.968 bits per heavy atom. The number of hydrogen-bond donors (Lipinski definition) is 3. The van der Waals surface area contributed by atoms with Gasteiger partial charge in [0, 0.05) is 0 Å². The van der Waals surface area contributed by atoms with Gasteiger partial charge in [0.15, 0.2) is 0 Å². The molecule has 4 aliphatic rings. The Balaban J connectivity index is 1.52. The fourth-order valence-corrected chi connectivity index (χ4v) is 9.36. The maximum absolute atomic E-state index is 11.7. The minimum absolute atomic E-state index is 0.0325. The first-order valence-electron chi connectivity index (χ1n) is 12.5. The summed E-state index contributed by atoms with van der Waals surface area (Å²) in [6, 6.07) is 0. The predicted octanol–water partition coefficient (Wildman–Crippen LogP) is 4.21. The van der Waals surface area contributed by atoms with Crippen molar-refractivity contribution in [2.45, 2.75) is 97.2 Å². The highest BCUT2D eigenvalue weighted by atomic mass is 32.3. The van der Waals surface area contributed by atoms with Gasteiger partial charge in [0.1, 0.15) is 0 Å². The molecular weight excluding hydrogens is 416 g/mol. The second-order valence-electron chi connectivity index (χ2n) is 11.6. The largest absolute Gasteiger partial charge is 0.397 e. The zero-order valence-corrected chi connectivity index (χ0v) is 20.2. The van der Waals surface area contributed by atoms with Crippen LogP contribution in [0.1, 0.15) is 85.0 Å². The first kappa shape index (κ1) is 23.9. The highest BCUT2D eigenvalue weighted by Crippen LogP contribution is 2.69. The normalized spacial score (nSPS) is 49.9. The molecule has 0 aromatic rings. The molecule has 0 bridgehead atoms. The molecule has 4 fully saturated rings. The average Bonchev–Trinajstić information content (AvgIpc) is 3.02. The van der Waals surface area contributed by atoms with E-state index in [1.807, 2.05) is 0 Å². The summed E-state index contributed by atoms with van der Waals surface area (Å²) in [7, 11) is -4.36. The summed E-state index contributed by atoms with van der Waals surface area (Å²) < 4.78 is 35.0. The lowest BCUT2D eigenvalue weighted by molar-refractivity contribution is -0.202. The van der Waals surface area contributed by atoms with E-state index in [4.69, 9.17) is 4.55 Å². The number of fused-ring (bicyclic) bond motifs is 5. The van der Waals surface area contributed by atoms with Crippen molar-refractivity contribution in [1.29, 1.82) is 0 Å². The van der Waals surface area contributed by atoms with Crippen LogP contribution in [0.5, 0.6) is 0 Å². The van der Waals surface area contributed by atoms with Crippen LogP contribution >= 0.6 is 0 Å². The van der Waals surface area contributed by atoms with Gasteiger partial charge in [-0.25, -0.2) is 4.18 Å². The molecule has 6 nitrogen and oxygen atoms in total. The summed E-state index contributed by atoms with van der Waals surface area (Å²) in [5.74, 6) is 2.56. The Morgan fingerprint density at radius 2 is 1.65 bits per heavy atom. The van der Waals surface area contributed by atoms with E-state index in [0.29, 0.717) is 36.0 Å². The lowest BCUT2D eigenvalue weighted by Crippen LogP contribution is -2.62. The molecule has 180 valence electrons. The van der Waals surface area contributed by atoms with Crippen LogP contribution in [0.4, 0.5) is 0 Å². The fraction of sp³-hybridized carbons (Fsp3) is 1.00. The summed E-state index contributed by atoms with van der Waals surface area (Å²) in [5.41, 5.74) is 0.391. The quantitative estimate of drug-likeness (QED) is 0.407. The van der Waals surface area contributed by atoms with Crippen LogP contribution < -0.4 is 0 Å². The molecule has 3 N–H and O–H groups in total. The maximum atomic E-state index is 11.7. The van der Waals surface area contributed by atoms with Crippen molar-refractivity contribution in [1.82, 2.24) is 0 Å². The Kier molecular flexibility index (Phi) is 6.59. The summed E-state index contributed by atoms with van der Waals surface area (Å²) in [6.07, 6.45) is 9.36. The van der Waals surface area contributed by atoms with Crippen molar-refractivity contribution in [2.24, 2.45) is 46.3 Å². The molecule has 31 heavy (non-hydrogen) atoms. The molecule has 7 heteroatoms. The Hall–Kier alpha value is -0.210. The molecule has 0 saturated heterocycles. The molecule has 0 aliphatic heterocycles. The molecule has 0 amide bonds. The van der Waals surface area contributed by atoms with Crippen LogP contribution in [-0.4, -0.2) is 42.0 Å². The van der Waals surface area contributed by atoms with Crippen LogP contribution in [0, 0.1) is 46.3 Å². The van der Waals surface area contributed by atoms with Crippen molar-refractivity contribution in [2.75, 3.05) is 6.61 Å². The summed E-state index contributed by atoms with van der Waals surface area (Å²) in [5, 5.41) is 22.1. The smallest absolute Gasteiger partial charge is 0.393 e. The molecule has 0 radical (unpaired) electrons. The predicted molar refractivity (Wildman–Crippen MR) is 119 cm³/mol. The monoisotopic (exact) mass is 458 g/mol. The molecule has 8 unspecified atom stereocenters. The minimum Gasteiger partial charge on any atom is -0.393 e. The summed E-state index contributed by atoms with van der Waals surface area (Å²) >= 11 is 0. The number of rotatable bonds is 6. The summed E-state index contributed by atoms with van der Waals surface area (Å²) in [6.45, 7) is 7.09. The third-order valence-electron chi connectivity index (χ3n) is 10.5. The van der Waals surface area contributed by atoms with E-state index in [9.17, 15) is 18.6 Å². The van der Waals surface area contributed by atoms with E-state index >= 15 is 0 Å². The molecule has 10 atom stereocenters. The van der Waals surface area contributed by atoms with E-state index in [-0.39, 0.29) is 35.6 Å². The molecule has 0 aromatic heterocycles. The number of hydrogen-bond acceptors (Lipinski definition) is 5. The first-order valence-corrected chi connectivity index (χ1v) is 13.9. The van der Waals surface area contributed by atoms with Crippen LogP contribution in [0.25, 0.3) is 0 Å². The lowest BCUT2D eigenvalue weighted by atomic mass is 9.41. The van der Waals surface area contributed by atoms with Gasteiger partial charge >= 0.3 is 10.4 Å². The number of aliphatic hydroxyl groups excluding tert-OH is 2. The first-order chi connectivity index (χ1) is 14.5. The SMILES string of the molecule is CC[C@H]1C(O)C2C3CCC(CCCOS(=O)(=O)O)C3(C)CCC2C2(C)CC[C@@H](O)CC12. The van der Waals surface area contributed by atoms with Crippen LogP contribution in [0.15, 0.2) is 0 Å². The van der Waals surface area contributed by atoms with E-state index < -0.39 is 10.4 Å². The van der Waals surface area contributed by atoms with Crippen LogP contribution in [0.3, 0.4) is 0 Å². The van der Waals surface area contributed by atoms with Gasteiger partial charge in [-0.05, 0) is 104 Å². The molecule has 0 aromatic carbocycles. The zero-order valence-electron chi connectivity index (χ0n) is 19.4. The second-order valence-corrected chi connectivity index (χ2v) is 12.7. The molecule has 0 spiro atoms. The van der Waals surface area contributed by atoms with Crippen LogP contribution in [0.2, 0.25) is 0 Å². The van der Waals surface area contributed by atoms with Gasteiger partial charge < -0.3 is 10.2 Å². The van der Waals surface area contributed by atoms with Crippen molar-refractivity contribution in [3.63, 3.8) is 0 Å². The minimum atomic E-state index is -4.36. The van der Waals surface area contributed by atoms with Crippen LogP contribution in [-0.2, 0) is 14.6 Å². The molecule has 4 rings (SSSR count). The van der Waals surface area contributed by atoms with Crippen molar-refractivity contribution < 1.29 is 27.4 Å². The molecule has 0 heterocycles. The Bertz CT molecular complexity index is 755. The van der Waals surface area contributed by atoms with Gasteiger partial charge in [0.25, 0.3) is 0 Å². The number of aliphatic hydroxyl groups is 2.